The molecule has 0 unspecified atom stereocenters. The van der Waals surface area contributed by atoms with Crippen molar-refractivity contribution in [2.45, 2.75) is 19.4 Å². The van der Waals surface area contributed by atoms with Gasteiger partial charge in [-0.25, -0.2) is 0 Å². The van der Waals surface area contributed by atoms with Crippen molar-refractivity contribution in [1.29, 1.82) is 0 Å². The maximum Gasteiger partial charge on any atom is 0.231 e. The summed E-state index contributed by atoms with van der Waals surface area (Å²) in [6.45, 7) is 4.39. The highest BCUT2D eigenvalue weighted by atomic mass is 16.7. The van der Waals surface area contributed by atoms with Crippen LogP contribution in [0, 0.1) is 0 Å². The van der Waals surface area contributed by atoms with Gasteiger partial charge in [0.25, 0.3) is 0 Å². The van der Waals surface area contributed by atoms with Crippen molar-refractivity contribution in [3.8, 4) is 11.5 Å². The Hall–Kier alpha value is -2.00. The molecule has 0 saturated heterocycles. The van der Waals surface area contributed by atoms with Gasteiger partial charge in [0.2, 0.25) is 6.79 Å². The first-order chi connectivity index (χ1) is 9.83. The van der Waals surface area contributed by atoms with E-state index >= 15 is 0 Å². The van der Waals surface area contributed by atoms with E-state index in [0.29, 0.717) is 12.7 Å². The molecule has 0 amide bonds. The second-order valence-corrected chi connectivity index (χ2v) is 5.13. The minimum Gasteiger partial charge on any atom is -0.454 e. The van der Waals surface area contributed by atoms with Gasteiger partial charge in [0.15, 0.2) is 11.5 Å². The fraction of sp³-hybridized carbons (Fsp3) is 0.294. The molecule has 0 aliphatic carbocycles. The molecule has 0 aromatic heterocycles. The second kappa shape index (κ2) is 5.97. The van der Waals surface area contributed by atoms with Crippen LogP contribution < -0.4 is 14.8 Å². The lowest BCUT2D eigenvalue weighted by Crippen LogP contribution is -2.19. The average Bonchev–Trinajstić information content (AvgIpc) is 2.95. The highest BCUT2D eigenvalue weighted by molar-refractivity contribution is 5.45. The van der Waals surface area contributed by atoms with Crippen molar-refractivity contribution in [2.75, 3.05) is 13.3 Å². The van der Waals surface area contributed by atoms with E-state index < -0.39 is 0 Å². The summed E-state index contributed by atoms with van der Waals surface area (Å²) >= 11 is 0. The van der Waals surface area contributed by atoms with Gasteiger partial charge in [-0.3, -0.25) is 0 Å². The Morgan fingerprint density at radius 3 is 2.70 bits per heavy atom. The molecule has 0 radical (unpaired) electrons. The van der Waals surface area contributed by atoms with E-state index in [4.69, 9.17) is 9.47 Å². The third-order valence-electron chi connectivity index (χ3n) is 3.59. The van der Waals surface area contributed by atoms with E-state index in [2.05, 4.69) is 48.6 Å². The first-order valence-electron chi connectivity index (χ1n) is 6.97. The Kier molecular flexibility index (Phi) is 3.88. The average molecular weight is 269 g/mol. The Morgan fingerprint density at radius 1 is 1.05 bits per heavy atom. The van der Waals surface area contributed by atoms with Crippen molar-refractivity contribution in [3.05, 3.63) is 59.7 Å². The van der Waals surface area contributed by atoms with Crippen LogP contribution in [0.5, 0.6) is 11.5 Å². The van der Waals surface area contributed by atoms with E-state index in [9.17, 15) is 0 Å². The molecule has 1 heterocycles. The van der Waals surface area contributed by atoms with Gasteiger partial charge in [-0.1, -0.05) is 43.3 Å². The predicted octanol–water partition coefficient (Wildman–Crippen LogP) is 3.31. The maximum absolute atomic E-state index is 5.42. The zero-order valence-corrected chi connectivity index (χ0v) is 11.6. The first kappa shape index (κ1) is 13.0. The molecule has 2 aromatic carbocycles. The lowest BCUT2D eigenvalue weighted by atomic mass is 10.0. The Labute approximate surface area is 119 Å². The standard InChI is InChI=1S/C17H19NO2/c1-13(10-18-11-14-5-3-2-4-6-14)15-7-8-16-17(9-15)20-12-19-16/h2-9,13,18H,10-12H2,1H3/t13-/m0/s1. The summed E-state index contributed by atoms with van der Waals surface area (Å²) < 4.78 is 10.8. The summed E-state index contributed by atoms with van der Waals surface area (Å²) in [6, 6.07) is 16.6. The smallest absolute Gasteiger partial charge is 0.231 e. The van der Waals surface area contributed by atoms with Crippen LogP contribution in [-0.2, 0) is 6.54 Å². The zero-order chi connectivity index (χ0) is 13.8. The van der Waals surface area contributed by atoms with Crippen molar-refractivity contribution >= 4 is 0 Å². The van der Waals surface area contributed by atoms with Gasteiger partial charge < -0.3 is 14.8 Å². The Morgan fingerprint density at radius 2 is 1.85 bits per heavy atom. The third kappa shape index (κ3) is 2.94. The molecule has 1 N–H and O–H groups in total. The number of benzene rings is 2. The normalized spacial score (nSPS) is 14.2. The van der Waals surface area contributed by atoms with Gasteiger partial charge in [0, 0.05) is 13.1 Å². The number of rotatable bonds is 5. The second-order valence-electron chi connectivity index (χ2n) is 5.13. The summed E-state index contributed by atoms with van der Waals surface area (Å²) in [7, 11) is 0. The lowest BCUT2D eigenvalue weighted by molar-refractivity contribution is 0.174. The molecule has 3 nitrogen and oxygen atoms in total. The molecule has 0 spiro atoms. The van der Waals surface area contributed by atoms with E-state index in [1.165, 1.54) is 11.1 Å². The zero-order valence-electron chi connectivity index (χ0n) is 11.6. The predicted molar refractivity (Wildman–Crippen MR) is 79.1 cm³/mol. The highest BCUT2D eigenvalue weighted by Crippen LogP contribution is 2.34. The van der Waals surface area contributed by atoms with Crippen LogP contribution in [0.25, 0.3) is 0 Å². The topological polar surface area (TPSA) is 30.5 Å². The molecule has 1 atom stereocenters. The third-order valence-corrected chi connectivity index (χ3v) is 3.59. The van der Waals surface area contributed by atoms with Crippen LogP contribution in [-0.4, -0.2) is 13.3 Å². The van der Waals surface area contributed by atoms with E-state index in [-0.39, 0.29) is 0 Å². The van der Waals surface area contributed by atoms with E-state index in [1.54, 1.807) is 0 Å². The van der Waals surface area contributed by atoms with Gasteiger partial charge in [-0.2, -0.15) is 0 Å². The summed E-state index contributed by atoms with van der Waals surface area (Å²) in [5.41, 5.74) is 2.58. The molecule has 104 valence electrons. The van der Waals surface area contributed by atoms with Crippen LogP contribution in [0.3, 0.4) is 0 Å². The Balaban J connectivity index is 1.55. The summed E-state index contributed by atoms with van der Waals surface area (Å²) in [4.78, 5) is 0. The summed E-state index contributed by atoms with van der Waals surface area (Å²) in [5, 5.41) is 3.50. The molecule has 0 fully saturated rings. The molecule has 0 saturated carbocycles. The van der Waals surface area contributed by atoms with Gasteiger partial charge in [-0.05, 0) is 29.2 Å². The lowest BCUT2D eigenvalue weighted by Gasteiger charge is -2.13. The van der Waals surface area contributed by atoms with Gasteiger partial charge in [0.1, 0.15) is 0 Å². The molecular formula is C17H19NO2. The molecule has 2 aromatic rings. The molecule has 1 aliphatic rings. The fourth-order valence-electron chi connectivity index (χ4n) is 2.37. The summed E-state index contributed by atoms with van der Waals surface area (Å²) in [6.07, 6.45) is 0. The number of hydrogen-bond acceptors (Lipinski definition) is 3. The molecule has 3 heteroatoms. The minimum atomic E-state index is 0.333. The maximum atomic E-state index is 5.42. The van der Waals surface area contributed by atoms with E-state index in [1.807, 2.05) is 12.1 Å². The van der Waals surface area contributed by atoms with Crippen LogP contribution in [0.15, 0.2) is 48.5 Å². The van der Waals surface area contributed by atoms with Gasteiger partial charge >= 0.3 is 0 Å². The SMILES string of the molecule is C[C@@H](CNCc1ccccc1)c1ccc2c(c1)OCO2. The quantitative estimate of drug-likeness (QED) is 0.903. The Bertz CT molecular complexity index is 568. The highest BCUT2D eigenvalue weighted by Gasteiger charge is 2.15. The molecule has 1 aliphatic heterocycles. The first-order valence-corrected chi connectivity index (χ1v) is 6.97. The van der Waals surface area contributed by atoms with Crippen LogP contribution >= 0.6 is 0 Å². The van der Waals surface area contributed by atoms with Crippen molar-refractivity contribution in [3.63, 3.8) is 0 Å². The number of ether oxygens (including phenoxy) is 2. The largest absolute Gasteiger partial charge is 0.454 e. The molecular weight excluding hydrogens is 250 g/mol. The molecule has 3 rings (SSSR count). The fourth-order valence-corrected chi connectivity index (χ4v) is 2.37. The van der Waals surface area contributed by atoms with Gasteiger partial charge in [0.05, 0.1) is 0 Å². The van der Waals surface area contributed by atoms with Crippen LogP contribution in [0.4, 0.5) is 0 Å². The molecule has 20 heavy (non-hydrogen) atoms. The van der Waals surface area contributed by atoms with Crippen molar-refractivity contribution in [1.82, 2.24) is 5.32 Å². The van der Waals surface area contributed by atoms with Crippen LogP contribution in [0.1, 0.15) is 24.0 Å². The van der Waals surface area contributed by atoms with Crippen molar-refractivity contribution < 1.29 is 9.47 Å². The number of fused-ring (bicyclic) bond motifs is 1. The minimum absolute atomic E-state index is 0.333. The number of nitrogens with one attached hydrogen (secondary N) is 1. The van der Waals surface area contributed by atoms with E-state index in [0.717, 1.165) is 24.6 Å². The number of hydrogen-bond donors (Lipinski definition) is 1. The molecule has 0 bridgehead atoms. The monoisotopic (exact) mass is 269 g/mol. The van der Waals surface area contributed by atoms with Crippen molar-refractivity contribution in [2.24, 2.45) is 0 Å². The van der Waals surface area contributed by atoms with Crippen LogP contribution in [0.2, 0.25) is 0 Å². The van der Waals surface area contributed by atoms with Gasteiger partial charge in [-0.15, -0.1) is 0 Å². The summed E-state index contributed by atoms with van der Waals surface area (Å²) in [5.74, 6) is 2.14.